The lowest BCUT2D eigenvalue weighted by molar-refractivity contribution is -0.0887. The number of hydrogen-bond acceptors (Lipinski definition) is 2. The molecular formula is C16H31NO. The number of nitrogens with two attached hydrogens (primary N) is 1. The Kier molecular flexibility index (Phi) is 3.35. The zero-order valence-corrected chi connectivity index (χ0v) is 13.0. The van der Waals surface area contributed by atoms with Crippen molar-refractivity contribution in [1.82, 2.24) is 0 Å². The predicted octanol–water partition coefficient (Wildman–Crippen LogP) is 3.73. The molecule has 106 valence electrons. The fourth-order valence-electron chi connectivity index (χ4n) is 4.60. The van der Waals surface area contributed by atoms with Gasteiger partial charge in [0.05, 0.1) is 11.2 Å². The molecule has 0 aromatic heterocycles. The molecule has 4 unspecified atom stereocenters. The van der Waals surface area contributed by atoms with Gasteiger partial charge in [-0.15, -0.1) is 0 Å². The van der Waals surface area contributed by atoms with Crippen LogP contribution in [0.15, 0.2) is 0 Å². The normalized spacial score (nSPS) is 47.2. The van der Waals surface area contributed by atoms with E-state index < -0.39 is 0 Å². The largest absolute Gasteiger partial charge is 0.369 e. The molecule has 2 rings (SSSR count). The first-order chi connectivity index (χ1) is 8.07. The lowest BCUT2D eigenvalue weighted by Crippen LogP contribution is -2.59. The van der Waals surface area contributed by atoms with Gasteiger partial charge in [-0.3, -0.25) is 0 Å². The van der Waals surface area contributed by atoms with Crippen LogP contribution in [0.3, 0.4) is 0 Å². The second kappa shape index (κ2) is 4.21. The van der Waals surface area contributed by atoms with Crippen molar-refractivity contribution in [3.05, 3.63) is 0 Å². The van der Waals surface area contributed by atoms with E-state index in [1.807, 2.05) is 0 Å². The van der Waals surface area contributed by atoms with Gasteiger partial charge in [-0.05, 0) is 65.2 Å². The molecule has 0 aromatic rings. The Morgan fingerprint density at radius 2 is 1.72 bits per heavy atom. The average Bonchev–Trinajstić information content (AvgIpc) is 2.42. The van der Waals surface area contributed by atoms with Crippen molar-refractivity contribution in [3.8, 4) is 0 Å². The number of ether oxygens (including phenoxy) is 1. The Hall–Kier alpha value is -0.0800. The summed E-state index contributed by atoms with van der Waals surface area (Å²) >= 11 is 0. The minimum Gasteiger partial charge on any atom is -0.369 e. The number of rotatable bonds is 1. The van der Waals surface area contributed by atoms with Gasteiger partial charge in [-0.2, -0.15) is 0 Å². The molecule has 0 bridgehead atoms. The Balaban J connectivity index is 2.25. The minimum atomic E-state index is -0.0902. The summed E-state index contributed by atoms with van der Waals surface area (Å²) in [6.07, 6.45) is 4.79. The van der Waals surface area contributed by atoms with Crippen LogP contribution in [0.25, 0.3) is 0 Å². The summed E-state index contributed by atoms with van der Waals surface area (Å²) in [5.41, 5.74) is 6.73. The molecule has 1 saturated heterocycles. The van der Waals surface area contributed by atoms with E-state index in [-0.39, 0.29) is 16.7 Å². The monoisotopic (exact) mass is 253 g/mol. The maximum Gasteiger partial charge on any atom is 0.0680 e. The molecule has 1 saturated carbocycles. The van der Waals surface area contributed by atoms with Crippen LogP contribution >= 0.6 is 0 Å². The molecule has 0 aromatic carbocycles. The van der Waals surface area contributed by atoms with Crippen LogP contribution in [-0.4, -0.2) is 16.7 Å². The summed E-state index contributed by atoms with van der Waals surface area (Å²) in [6.45, 7) is 13.6. The quantitative estimate of drug-likeness (QED) is 0.772. The fraction of sp³-hybridized carbons (Fsp3) is 1.00. The highest BCUT2D eigenvalue weighted by atomic mass is 16.5. The Bertz CT molecular complexity index is 323. The van der Waals surface area contributed by atoms with E-state index in [2.05, 4.69) is 41.5 Å². The summed E-state index contributed by atoms with van der Waals surface area (Å²) in [5.74, 6) is 1.90. The van der Waals surface area contributed by atoms with Gasteiger partial charge in [0, 0.05) is 11.5 Å². The highest BCUT2D eigenvalue weighted by Gasteiger charge is 2.56. The van der Waals surface area contributed by atoms with Crippen LogP contribution in [0.4, 0.5) is 0 Å². The van der Waals surface area contributed by atoms with E-state index in [0.29, 0.717) is 11.8 Å². The predicted molar refractivity (Wildman–Crippen MR) is 76.4 cm³/mol. The molecule has 2 aliphatic rings. The second-order valence-corrected chi connectivity index (χ2v) is 8.11. The Labute approximate surface area is 113 Å². The van der Waals surface area contributed by atoms with Crippen molar-refractivity contribution >= 4 is 0 Å². The molecule has 18 heavy (non-hydrogen) atoms. The van der Waals surface area contributed by atoms with E-state index in [4.69, 9.17) is 10.5 Å². The van der Waals surface area contributed by atoms with Crippen molar-refractivity contribution in [2.75, 3.05) is 0 Å². The van der Waals surface area contributed by atoms with E-state index in [1.54, 1.807) is 0 Å². The second-order valence-electron chi connectivity index (χ2n) is 8.11. The molecule has 0 amide bonds. The zero-order chi connectivity index (χ0) is 13.8. The van der Waals surface area contributed by atoms with Gasteiger partial charge < -0.3 is 10.5 Å². The third-order valence-corrected chi connectivity index (χ3v) is 5.47. The molecule has 1 aliphatic heterocycles. The lowest BCUT2D eigenvalue weighted by Gasteiger charge is -2.49. The molecular weight excluding hydrogens is 222 g/mol. The topological polar surface area (TPSA) is 35.2 Å². The first-order valence-corrected chi connectivity index (χ1v) is 7.56. The summed E-state index contributed by atoms with van der Waals surface area (Å²) < 4.78 is 6.26. The molecule has 0 spiro atoms. The molecule has 2 nitrogen and oxygen atoms in total. The average molecular weight is 253 g/mol. The maximum atomic E-state index is 6.89. The van der Waals surface area contributed by atoms with Crippen molar-refractivity contribution in [1.29, 1.82) is 0 Å². The lowest BCUT2D eigenvalue weighted by atomic mass is 9.60. The molecule has 4 atom stereocenters. The Morgan fingerprint density at radius 1 is 1.11 bits per heavy atom. The molecule has 2 fully saturated rings. The van der Waals surface area contributed by atoms with Crippen molar-refractivity contribution in [2.24, 2.45) is 23.5 Å². The minimum absolute atomic E-state index is 0.0245. The van der Waals surface area contributed by atoms with Crippen molar-refractivity contribution in [2.45, 2.75) is 84.0 Å². The van der Waals surface area contributed by atoms with E-state index in [1.165, 1.54) is 12.8 Å². The van der Waals surface area contributed by atoms with Gasteiger partial charge in [-0.1, -0.05) is 13.8 Å². The van der Waals surface area contributed by atoms with Crippen LogP contribution in [0.2, 0.25) is 0 Å². The summed E-state index contributed by atoms with van der Waals surface area (Å²) in [4.78, 5) is 0. The van der Waals surface area contributed by atoms with Crippen LogP contribution in [-0.2, 0) is 4.74 Å². The zero-order valence-electron chi connectivity index (χ0n) is 13.0. The van der Waals surface area contributed by atoms with E-state index >= 15 is 0 Å². The van der Waals surface area contributed by atoms with Gasteiger partial charge in [0.2, 0.25) is 0 Å². The van der Waals surface area contributed by atoms with Gasteiger partial charge in [0.1, 0.15) is 0 Å². The van der Waals surface area contributed by atoms with Gasteiger partial charge in [-0.25, -0.2) is 0 Å². The molecule has 2 heteroatoms. The summed E-state index contributed by atoms with van der Waals surface area (Å²) in [6, 6.07) is 0. The SMILES string of the molecule is CC1CCC(N)(C2CC(C)(C)OC2(C)C)C(C)C1. The van der Waals surface area contributed by atoms with Crippen LogP contribution in [0.1, 0.15) is 67.2 Å². The number of hydrogen-bond donors (Lipinski definition) is 1. The molecule has 1 heterocycles. The molecule has 2 N–H and O–H groups in total. The summed E-state index contributed by atoms with van der Waals surface area (Å²) in [5, 5.41) is 0. The smallest absolute Gasteiger partial charge is 0.0680 e. The van der Waals surface area contributed by atoms with E-state index in [9.17, 15) is 0 Å². The van der Waals surface area contributed by atoms with Gasteiger partial charge in [0.25, 0.3) is 0 Å². The van der Waals surface area contributed by atoms with Crippen molar-refractivity contribution < 1.29 is 4.74 Å². The fourth-order valence-corrected chi connectivity index (χ4v) is 4.60. The first kappa shape index (κ1) is 14.3. The summed E-state index contributed by atoms with van der Waals surface area (Å²) in [7, 11) is 0. The maximum absolute atomic E-state index is 6.89. The van der Waals surface area contributed by atoms with Gasteiger partial charge >= 0.3 is 0 Å². The van der Waals surface area contributed by atoms with Crippen LogP contribution in [0.5, 0.6) is 0 Å². The highest BCUT2D eigenvalue weighted by molar-refractivity contribution is 5.09. The Morgan fingerprint density at radius 3 is 2.17 bits per heavy atom. The molecule has 1 aliphatic carbocycles. The van der Waals surface area contributed by atoms with Crippen LogP contribution < -0.4 is 5.73 Å². The van der Waals surface area contributed by atoms with Crippen LogP contribution in [0, 0.1) is 17.8 Å². The third kappa shape index (κ3) is 2.34. The standard InChI is InChI=1S/C16H31NO/c1-11-7-8-16(17,12(2)9-11)13-10-14(3,4)18-15(13,5)6/h11-13H,7-10,17H2,1-6H3. The molecule has 0 radical (unpaired) electrons. The van der Waals surface area contributed by atoms with E-state index in [0.717, 1.165) is 18.8 Å². The third-order valence-electron chi connectivity index (χ3n) is 5.47. The first-order valence-electron chi connectivity index (χ1n) is 7.56. The van der Waals surface area contributed by atoms with Gasteiger partial charge in [0.15, 0.2) is 0 Å². The van der Waals surface area contributed by atoms with Crippen molar-refractivity contribution in [3.63, 3.8) is 0 Å². The highest BCUT2D eigenvalue weighted by Crippen LogP contribution is 2.52.